The van der Waals surface area contributed by atoms with Crippen molar-refractivity contribution in [2.45, 2.75) is 25.4 Å². The van der Waals surface area contributed by atoms with Gasteiger partial charge in [0.05, 0.1) is 11.6 Å². The number of hydrogen-bond acceptors (Lipinski definition) is 2. The summed E-state index contributed by atoms with van der Waals surface area (Å²) >= 11 is 0. The van der Waals surface area contributed by atoms with Gasteiger partial charge in [0.25, 0.3) is 0 Å². The third-order valence-corrected chi connectivity index (χ3v) is 3.82. The standard InChI is InChI=1S/C17H15FN2/c18-16-6-5-14(10-19)15(7-16)11-20-17-8-12-3-1-2-4-13(12)9-17/h1-7,17,20H,8-9,11H2. The van der Waals surface area contributed by atoms with Crippen LogP contribution in [0.2, 0.25) is 0 Å². The first-order chi connectivity index (χ1) is 9.76. The fraction of sp³-hybridized carbons (Fsp3) is 0.235. The number of hydrogen-bond donors (Lipinski definition) is 1. The van der Waals surface area contributed by atoms with Crippen LogP contribution in [0, 0.1) is 17.1 Å². The van der Waals surface area contributed by atoms with Crippen molar-refractivity contribution in [1.29, 1.82) is 5.26 Å². The third-order valence-electron chi connectivity index (χ3n) is 3.82. The summed E-state index contributed by atoms with van der Waals surface area (Å²) in [7, 11) is 0. The molecular weight excluding hydrogens is 251 g/mol. The maximum Gasteiger partial charge on any atom is 0.123 e. The van der Waals surface area contributed by atoms with Crippen LogP contribution in [0.4, 0.5) is 4.39 Å². The van der Waals surface area contributed by atoms with Gasteiger partial charge in [0, 0.05) is 12.6 Å². The first kappa shape index (κ1) is 12.8. The average molecular weight is 266 g/mol. The zero-order chi connectivity index (χ0) is 13.9. The van der Waals surface area contributed by atoms with Crippen LogP contribution in [-0.2, 0) is 19.4 Å². The van der Waals surface area contributed by atoms with Gasteiger partial charge in [0.2, 0.25) is 0 Å². The Labute approximate surface area is 117 Å². The van der Waals surface area contributed by atoms with Crippen LogP contribution in [0.15, 0.2) is 42.5 Å². The van der Waals surface area contributed by atoms with E-state index in [1.54, 1.807) is 0 Å². The van der Waals surface area contributed by atoms with Crippen LogP contribution in [-0.4, -0.2) is 6.04 Å². The Balaban J connectivity index is 1.67. The molecule has 0 saturated carbocycles. The summed E-state index contributed by atoms with van der Waals surface area (Å²) in [6, 6.07) is 15.2. The first-order valence-electron chi connectivity index (χ1n) is 6.75. The van der Waals surface area contributed by atoms with Crippen molar-refractivity contribution in [3.8, 4) is 6.07 Å². The highest BCUT2D eigenvalue weighted by molar-refractivity contribution is 5.38. The number of fused-ring (bicyclic) bond motifs is 1. The van der Waals surface area contributed by atoms with Gasteiger partial charge in [0.15, 0.2) is 0 Å². The lowest BCUT2D eigenvalue weighted by Gasteiger charge is -2.12. The first-order valence-corrected chi connectivity index (χ1v) is 6.75. The third kappa shape index (κ3) is 2.56. The second-order valence-electron chi connectivity index (χ2n) is 5.17. The topological polar surface area (TPSA) is 35.8 Å². The second kappa shape index (κ2) is 5.44. The zero-order valence-electron chi connectivity index (χ0n) is 11.1. The van der Waals surface area contributed by atoms with Gasteiger partial charge in [-0.1, -0.05) is 24.3 Å². The largest absolute Gasteiger partial charge is 0.309 e. The van der Waals surface area contributed by atoms with Crippen LogP contribution in [0.25, 0.3) is 0 Å². The Kier molecular flexibility index (Phi) is 3.49. The van der Waals surface area contributed by atoms with Gasteiger partial charge in [-0.05, 0) is 47.7 Å². The molecule has 0 bridgehead atoms. The molecule has 0 atom stereocenters. The summed E-state index contributed by atoms with van der Waals surface area (Å²) in [6.07, 6.45) is 1.99. The minimum Gasteiger partial charge on any atom is -0.309 e. The zero-order valence-corrected chi connectivity index (χ0v) is 11.1. The van der Waals surface area contributed by atoms with E-state index in [1.165, 1.54) is 29.3 Å². The normalized spacial score (nSPS) is 14.0. The highest BCUT2D eigenvalue weighted by Gasteiger charge is 2.20. The van der Waals surface area contributed by atoms with Gasteiger partial charge < -0.3 is 5.32 Å². The molecule has 3 rings (SSSR count). The molecule has 2 aromatic carbocycles. The van der Waals surface area contributed by atoms with Gasteiger partial charge >= 0.3 is 0 Å². The van der Waals surface area contributed by atoms with Crippen molar-refractivity contribution in [3.05, 3.63) is 70.5 Å². The minimum absolute atomic E-state index is 0.296. The molecule has 20 heavy (non-hydrogen) atoms. The smallest absolute Gasteiger partial charge is 0.123 e. The molecule has 0 aromatic heterocycles. The number of benzene rings is 2. The van der Waals surface area contributed by atoms with E-state index < -0.39 is 0 Å². The molecule has 1 aliphatic rings. The summed E-state index contributed by atoms with van der Waals surface area (Å²) in [5, 5.41) is 12.5. The van der Waals surface area contributed by atoms with Gasteiger partial charge in [-0.3, -0.25) is 0 Å². The summed E-state index contributed by atoms with van der Waals surface area (Å²) in [5.41, 5.74) is 4.02. The molecule has 100 valence electrons. The average Bonchev–Trinajstić information content (AvgIpc) is 2.88. The number of rotatable bonds is 3. The minimum atomic E-state index is -0.296. The maximum absolute atomic E-state index is 13.3. The summed E-state index contributed by atoms with van der Waals surface area (Å²) < 4.78 is 13.3. The van der Waals surface area contributed by atoms with Crippen molar-refractivity contribution in [1.82, 2.24) is 5.32 Å². The number of nitriles is 1. The summed E-state index contributed by atoms with van der Waals surface area (Å²) in [5.74, 6) is -0.296. The van der Waals surface area contributed by atoms with Gasteiger partial charge in [0.1, 0.15) is 5.82 Å². The van der Waals surface area contributed by atoms with Gasteiger partial charge in [-0.25, -0.2) is 4.39 Å². The van der Waals surface area contributed by atoms with Crippen molar-refractivity contribution < 1.29 is 4.39 Å². The fourth-order valence-corrected chi connectivity index (χ4v) is 2.78. The lowest BCUT2D eigenvalue weighted by molar-refractivity contribution is 0.530. The van der Waals surface area contributed by atoms with E-state index in [-0.39, 0.29) is 5.82 Å². The molecule has 3 heteroatoms. The highest BCUT2D eigenvalue weighted by atomic mass is 19.1. The maximum atomic E-state index is 13.3. The van der Waals surface area contributed by atoms with E-state index in [0.29, 0.717) is 18.2 Å². The quantitative estimate of drug-likeness (QED) is 0.927. The Morgan fingerprint density at radius 3 is 2.50 bits per heavy atom. The lowest BCUT2D eigenvalue weighted by atomic mass is 10.1. The predicted octanol–water partition coefficient (Wildman–Crippen LogP) is 2.95. The molecule has 0 heterocycles. The second-order valence-corrected chi connectivity index (χ2v) is 5.17. The Morgan fingerprint density at radius 2 is 1.85 bits per heavy atom. The van der Waals surface area contributed by atoms with Crippen LogP contribution in [0.3, 0.4) is 0 Å². The van der Waals surface area contributed by atoms with Gasteiger partial charge in [-0.15, -0.1) is 0 Å². The van der Waals surface area contributed by atoms with E-state index in [9.17, 15) is 4.39 Å². The van der Waals surface area contributed by atoms with E-state index >= 15 is 0 Å². The predicted molar refractivity (Wildman–Crippen MR) is 75.6 cm³/mol. The number of nitrogens with zero attached hydrogens (tertiary/aromatic N) is 1. The molecule has 0 fully saturated rings. The van der Waals surface area contributed by atoms with Crippen LogP contribution in [0.5, 0.6) is 0 Å². The van der Waals surface area contributed by atoms with Crippen molar-refractivity contribution in [3.63, 3.8) is 0 Å². The van der Waals surface area contributed by atoms with Crippen LogP contribution < -0.4 is 5.32 Å². The van der Waals surface area contributed by atoms with Crippen LogP contribution >= 0.6 is 0 Å². The molecule has 2 aromatic rings. The summed E-state index contributed by atoms with van der Waals surface area (Å²) in [6.45, 7) is 0.527. The number of nitrogens with one attached hydrogen (secondary N) is 1. The molecule has 0 aliphatic heterocycles. The molecule has 0 amide bonds. The highest BCUT2D eigenvalue weighted by Crippen LogP contribution is 2.22. The van der Waals surface area contributed by atoms with E-state index in [1.807, 2.05) is 0 Å². The molecule has 0 radical (unpaired) electrons. The molecule has 0 spiro atoms. The molecular formula is C17H15FN2. The SMILES string of the molecule is N#Cc1ccc(F)cc1CNC1Cc2ccccc2C1. The van der Waals surface area contributed by atoms with E-state index in [2.05, 4.69) is 35.7 Å². The van der Waals surface area contributed by atoms with E-state index in [4.69, 9.17) is 5.26 Å². The lowest BCUT2D eigenvalue weighted by Crippen LogP contribution is -2.29. The van der Waals surface area contributed by atoms with Gasteiger partial charge in [-0.2, -0.15) is 5.26 Å². The number of halogens is 1. The van der Waals surface area contributed by atoms with Crippen molar-refractivity contribution in [2.75, 3.05) is 0 Å². The molecule has 1 N–H and O–H groups in total. The summed E-state index contributed by atoms with van der Waals surface area (Å²) in [4.78, 5) is 0. The monoisotopic (exact) mass is 266 g/mol. The molecule has 1 aliphatic carbocycles. The Bertz CT molecular complexity index is 648. The van der Waals surface area contributed by atoms with Crippen molar-refractivity contribution >= 4 is 0 Å². The molecule has 0 unspecified atom stereocenters. The van der Waals surface area contributed by atoms with Crippen molar-refractivity contribution in [2.24, 2.45) is 0 Å². The van der Waals surface area contributed by atoms with Crippen LogP contribution in [0.1, 0.15) is 22.3 Å². The molecule has 0 saturated heterocycles. The molecule has 2 nitrogen and oxygen atoms in total. The fourth-order valence-electron chi connectivity index (χ4n) is 2.78. The van der Waals surface area contributed by atoms with E-state index in [0.717, 1.165) is 18.4 Å². The Morgan fingerprint density at radius 1 is 1.15 bits per heavy atom. The Hall–Kier alpha value is -2.18.